The number of hydrogen-bond acceptors (Lipinski definition) is 1. The zero-order valence-corrected chi connectivity index (χ0v) is 12.9. The van der Waals surface area contributed by atoms with Crippen LogP contribution in [0.2, 0.25) is 0 Å². The molecule has 0 spiro atoms. The predicted molar refractivity (Wildman–Crippen MR) is 80.0 cm³/mol. The van der Waals surface area contributed by atoms with Crippen molar-refractivity contribution in [2.24, 2.45) is 5.92 Å². The molecule has 0 N–H and O–H groups in total. The van der Waals surface area contributed by atoms with Crippen molar-refractivity contribution >= 4 is 31.2 Å². The van der Waals surface area contributed by atoms with Crippen LogP contribution in [0.15, 0.2) is 40.2 Å². The average Bonchev–Trinajstić information content (AvgIpc) is 2.40. The molecule has 2 heteroatoms. The van der Waals surface area contributed by atoms with Gasteiger partial charge in [-0.25, -0.2) is 0 Å². The molecule has 1 aliphatic carbocycles. The molecule has 1 aromatic carbocycles. The first-order chi connectivity index (χ1) is 8.38. The molecule has 0 heterocycles. The number of benzene rings is 1. The Morgan fingerprint density at radius 3 is 2.53 bits per heavy atom. The van der Waals surface area contributed by atoms with Gasteiger partial charge in [-0.05, 0) is 0 Å². The summed E-state index contributed by atoms with van der Waals surface area (Å²) in [7, 11) is 0. The standard InChI is InChI=1S/C15H20SSe/c1-16-15(12-13-8-4-2-5-9-13)17-14-10-6-3-7-11-14/h3,6-7,10-13H,2,4-5,8-9H2,1H3/b15-12-. The van der Waals surface area contributed by atoms with Crippen LogP contribution >= 0.6 is 11.8 Å². The topological polar surface area (TPSA) is 0 Å². The van der Waals surface area contributed by atoms with E-state index in [-0.39, 0.29) is 0 Å². The maximum absolute atomic E-state index is 2.57. The molecule has 0 aromatic heterocycles. The molecule has 1 aliphatic rings. The van der Waals surface area contributed by atoms with Gasteiger partial charge in [0.15, 0.2) is 0 Å². The predicted octanol–water partition coefficient (Wildman–Crippen LogP) is 3.80. The quantitative estimate of drug-likeness (QED) is 0.762. The van der Waals surface area contributed by atoms with Gasteiger partial charge in [-0.1, -0.05) is 0 Å². The van der Waals surface area contributed by atoms with Crippen molar-refractivity contribution in [1.29, 1.82) is 0 Å². The Hall–Kier alpha value is -0.171. The van der Waals surface area contributed by atoms with Gasteiger partial charge in [-0.15, -0.1) is 0 Å². The molecule has 0 bridgehead atoms. The molecular formula is C15H20SSe. The molecule has 17 heavy (non-hydrogen) atoms. The maximum atomic E-state index is 2.57. The van der Waals surface area contributed by atoms with Crippen molar-refractivity contribution in [2.75, 3.05) is 6.26 Å². The van der Waals surface area contributed by atoms with E-state index in [2.05, 4.69) is 42.7 Å². The van der Waals surface area contributed by atoms with Crippen molar-refractivity contribution in [1.82, 2.24) is 0 Å². The van der Waals surface area contributed by atoms with E-state index in [1.54, 1.807) is 3.80 Å². The summed E-state index contributed by atoms with van der Waals surface area (Å²) in [5, 5.41) is 0. The zero-order valence-electron chi connectivity index (χ0n) is 10.4. The molecule has 0 amide bonds. The summed E-state index contributed by atoms with van der Waals surface area (Å²) in [5.41, 5.74) is 0. The Labute approximate surface area is 115 Å². The Kier molecular flexibility index (Phi) is 5.70. The van der Waals surface area contributed by atoms with Crippen LogP contribution in [-0.2, 0) is 0 Å². The number of allylic oxidation sites excluding steroid dienone is 1. The van der Waals surface area contributed by atoms with E-state index >= 15 is 0 Å². The molecule has 0 radical (unpaired) electrons. The van der Waals surface area contributed by atoms with Crippen molar-refractivity contribution in [3.05, 3.63) is 40.2 Å². The average molecular weight is 311 g/mol. The summed E-state index contributed by atoms with van der Waals surface area (Å²) in [6.45, 7) is 0. The fourth-order valence-corrected chi connectivity index (χ4v) is 5.33. The number of thioether (sulfide) groups is 1. The Balaban J connectivity index is 1.98. The minimum absolute atomic E-state index is 0.512. The van der Waals surface area contributed by atoms with E-state index in [9.17, 15) is 0 Å². The van der Waals surface area contributed by atoms with Gasteiger partial charge in [0, 0.05) is 0 Å². The van der Waals surface area contributed by atoms with E-state index < -0.39 is 0 Å². The first-order valence-corrected chi connectivity index (χ1v) is 9.31. The Morgan fingerprint density at radius 1 is 1.18 bits per heavy atom. The first kappa shape index (κ1) is 13.3. The van der Waals surface area contributed by atoms with Crippen LogP contribution in [0.1, 0.15) is 32.1 Å². The van der Waals surface area contributed by atoms with Crippen LogP contribution < -0.4 is 4.46 Å². The number of hydrogen-bond donors (Lipinski definition) is 0. The molecule has 0 nitrogen and oxygen atoms in total. The van der Waals surface area contributed by atoms with Gasteiger partial charge in [-0.3, -0.25) is 0 Å². The SMILES string of the molecule is CS/C(=C/C1CCCCC1)[Se]c1ccccc1. The second-order valence-electron chi connectivity index (χ2n) is 4.50. The third-order valence-corrected chi connectivity index (χ3v) is 6.98. The van der Waals surface area contributed by atoms with Gasteiger partial charge in [-0.2, -0.15) is 0 Å². The zero-order chi connectivity index (χ0) is 11.9. The van der Waals surface area contributed by atoms with Gasteiger partial charge in [0.2, 0.25) is 0 Å². The van der Waals surface area contributed by atoms with Crippen molar-refractivity contribution < 1.29 is 0 Å². The van der Waals surface area contributed by atoms with Gasteiger partial charge in [0.25, 0.3) is 0 Å². The van der Waals surface area contributed by atoms with Gasteiger partial charge < -0.3 is 0 Å². The minimum atomic E-state index is 0.512. The third-order valence-electron chi connectivity index (χ3n) is 3.18. The van der Waals surface area contributed by atoms with E-state index in [4.69, 9.17) is 0 Å². The molecule has 92 valence electrons. The van der Waals surface area contributed by atoms with Crippen LogP contribution in [0.4, 0.5) is 0 Å². The summed E-state index contributed by atoms with van der Waals surface area (Å²) in [6, 6.07) is 10.9. The Morgan fingerprint density at radius 2 is 1.88 bits per heavy atom. The molecule has 0 saturated heterocycles. The van der Waals surface area contributed by atoms with Gasteiger partial charge in [0.1, 0.15) is 0 Å². The Bertz CT molecular complexity index is 352. The molecule has 1 aromatic rings. The van der Waals surface area contributed by atoms with Crippen molar-refractivity contribution in [3.8, 4) is 0 Å². The monoisotopic (exact) mass is 312 g/mol. The summed E-state index contributed by atoms with van der Waals surface area (Å²) < 4.78 is 3.10. The van der Waals surface area contributed by atoms with E-state index in [0.717, 1.165) is 5.92 Å². The van der Waals surface area contributed by atoms with Crippen LogP contribution in [0.25, 0.3) is 0 Å². The normalized spacial score (nSPS) is 18.3. The van der Waals surface area contributed by atoms with Crippen molar-refractivity contribution in [3.63, 3.8) is 0 Å². The van der Waals surface area contributed by atoms with Crippen LogP contribution in [0.3, 0.4) is 0 Å². The second kappa shape index (κ2) is 7.31. The summed E-state index contributed by atoms with van der Waals surface area (Å²) in [6.07, 6.45) is 11.9. The fourth-order valence-electron chi connectivity index (χ4n) is 2.24. The van der Waals surface area contributed by atoms with E-state index in [1.165, 1.54) is 36.6 Å². The summed E-state index contributed by atoms with van der Waals surface area (Å²) in [4.78, 5) is 0. The van der Waals surface area contributed by atoms with Gasteiger partial charge >= 0.3 is 116 Å². The molecule has 2 rings (SSSR count). The molecule has 0 unspecified atom stereocenters. The molecule has 1 fully saturated rings. The third kappa shape index (κ3) is 4.54. The molecule has 0 aliphatic heterocycles. The number of rotatable bonds is 4. The van der Waals surface area contributed by atoms with Crippen LogP contribution in [0.5, 0.6) is 0 Å². The summed E-state index contributed by atoms with van der Waals surface area (Å²) in [5.74, 6) is 0.858. The van der Waals surface area contributed by atoms with Gasteiger partial charge in [0.05, 0.1) is 0 Å². The fraction of sp³-hybridized carbons (Fsp3) is 0.467. The second-order valence-corrected chi connectivity index (χ2v) is 8.27. The van der Waals surface area contributed by atoms with Crippen LogP contribution in [0, 0.1) is 5.92 Å². The molecular weight excluding hydrogens is 291 g/mol. The van der Waals surface area contributed by atoms with E-state index in [1.807, 2.05) is 11.8 Å². The van der Waals surface area contributed by atoms with Crippen LogP contribution in [-0.4, -0.2) is 21.2 Å². The molecule has 1 saturated carbocycles. The van der Waals surface area contributed by atoms with Crippen molar-refractivity contribution in [2.45, 2.75) is 32.1 Å². The summed E-state index contributed by atoms with van der Waals surface area (Å²) >= 11 is 2.46. The molecule has 0 atom stereocenters. The van der Waals surface area contributed by atoms with E-state index in [0.29, 0.717) is 15.0 Å². The first-order valence-electron chi connectivity index (χ1n) is 6.37.